The SMILES string of the molecule is CCCCCCCC/C=C\CCCCCCCC(=O)OC[C@@H](CCCNC(=O)OC(C)(C)C)OC(=O)CCCCCCC/C=C\CCCCCCCC. The number of hydrogen-bond donors (Lipinski definition) is 1. The molecule has 53 heavy (non-hydrogen) atoms. The van der Waals surface area contributed by atoms with Crippen LogP contribution in [-0.4, -0.2) is 42.9 Å². The molecule has 1 N–H and O–H groups in total. The van der Waals surface area contributed by atoms with Gasteiger partial charge in [0.25, 0.3) is 0 Å². The number of allylic oxidation sites excluding steroid dienone is 4. The van der Waals surface area contributed by atoms with Crippen molar-refractivity contribution in [2.45, 2.75) is 239 Å². The van der Waals surface area contributed by atoms with Gasteiger partial charge in [-0.2, -0.15) is 0 Å². The van der Waals surface area contributed by atoms with Crippen LogP contribution in [0.25, 0.3) is 0 Å². The molecule has 1 atom stereocenters. The minimum Gasteiger partial charge on any atom is -0.462 e. The highest BCUT2D eigenvalue weighted by molar-refractivity contribution is 5.70. The Hall–Kier alpha value is -2.31. The van der Waals surface area contributed by atoms with Crippen molar-refractivity contribution in [1.29, 1.82) is 0 Å². The van der Waals surface area contributed by atoms with Crippen molar-refractivity contribution in [2.24, 2.45) is 0 Å². The molecule has 0 heterocycles. The molecule has 0 bridgehead atoms. The van der Waals surface area contributed by atoms with Gasteiger partial charge in [0, 0.05) is 19.4 Å². The molecule has 0 aliphatic carbocycles. The normalized spacial score (nSPS) is 12.4. The van der Waals surface area contributed by atoms with Crippen molar-refractivity contribution in [3.8, 4) is 0 Å². The molecule has 310 valence electrons. The van der Waals surface area contributed by atoms with E-state index >= 15 is 0 Å². The Bertz CT molecular complexity index is 908. The number of unbranched alkanes of at least 4 members (excludes halogenated alkanes) is 22. The summed E-state index contributed by atoms with van der Waals surface area (Å²) in [7, 11) is 0. The van der Waals surface area contributed by atoms with Gasteiger partial charge in [-0.05, 0) is 97.8 Å². The highest BCUT2D eigenvalue weighted by Gasteiger charge is 2.19. The highest BCUT2D eigenvalue weighted by Crippen LogP contribution is 2.14. The van der Waals surface area contributed by atoms with Gasteiger partial charge in [-0.3, -0.25) is 9.59 Å². The number of rotatable bonds is 37. The van der Waals surface area contributed by atoms with E-state index in [-0.39, 0.29) is 18.5 Å². The molecule has 1 amide bonds. The first-order valence-electron chi connectivity index (χ1n) is 22.3. The molecule has 0 aromatic rings. The second-order valence-corrected chi connectivity index (χ2v) is 16.0. The Morgan fingerprint density at radius 1 is 0.528 bits per heavy atom. The number of carbonyl (C=O) groups is 3. The van der Waals surface area contributed by atoms with E-state index in [9.17, 15) is 14.4 Å². The molecule has 0 aromatic heterocycles. The lowest BCUT2D eigenvalue weighted by molar-refractivity contribution is -0.159. The van der Waals surface area contributed by atoms with Gasteiger partial charge < -0.3 is 19.5 Å². The number of carbonyl (C=O) groups excluding carboxylic acids is 3. The maximum atomic E-state index is 12.7. The van der Waals surface area contributed by atoms with Crippen LogP contribution < -0.4 is 5.32 Å². The zero-order valence-electron chi connectivity index (χ0n) is 35.5. The van der Waals surface area contributed by atoms with Crippen molar-refractivity contribution >= 4 is 18.0 Å². The van der Waals surface area contributed by atoms with Crippen LogP contribution in [0.4, 0.5) is 4.79 Å². The molecule has 0 saturated carbocycles. The van der Waals surface area contributed by atoms with E-state index in [2.05, 4.69) is 43.5 Å². The summed E-state index contributed by atoms with van der Waals surface area (Å²) in [5.74, 6) is -0.492. The van der Waals surface area contributed by atoms with E-state index in [1.807, 2.05) is 20.8 Å². The summed E-state index contributed by atoms with van der Waals surface area (Å²) in [6.45, 7) is 10.4. The van der Waals surface area contributed by atoms with E-state index in [0.29, 0.717) is 32.2 Å². The number of hydrogen-bond acceptors (Lipinski definition) is 6. The van der Waals surface area contributed by atoms with E-state index in [1.54, 1.807) is 0 Å². The third-order valence-corrected chi connectivity index (χ3v) is 9.38. The monoisotopic (exact) mass is 748 g/mol. The lowest BCUT2D eigenvalue weighted by atomic mass is 10.1. The number of alkyl carbamates (subject to hydrolysis) is 1. The van der Waals surface area contributed by atoms with Crippen molar-refractivity contribution in [2.75, 3.05) is 13.2 Å². The largest absolute Gasteiger partial charge is 0.462 e. The second-order valence-electron chi connectivity index (χ2n) is 16.0. The molecule has 0 radical (unpaired) electrons. The van der Waals surface area contributed by atoms with Crippen LogP contribution in [0.3, 0.4) is 0 Å². The first-order chi connectivity index (χ1) is 25.7. The predicted molar refractivity (Wildman–Crippen MR) is 223 cm³/mol. The molecule has 0 aliphatic heterocycles. The maximum Gasteiger partial charge on any atom is 0.407 e. The van der Waals surface area contributed by atoms with E-state index in [1.165, 1.54) is 116 Å². The lowest BCUT2D eigenvalue weighted by Crippen LogP contribution is -2.33. The molecule has 0 fully saturated rings. The fraction of sp³-hybridized carbons (Fsp3) is 0.848. The summed E-state index contributed by atoms with van der Waals surface area (Å²) in [5, 5.41) is 2.75. The summed E-state index contributed by atoms with van der Waals surface area (Å²) >= 11 is 0. The van der Waals surface area contributed by atoms with Crippen molar-refractivity contribution in [3.05, 3.63) is 24.3 Å². The Labute approximate surface area is 327 Å². The van der Waals surface area contributed by atoms with E-state index in [0.717, 1.165) is 51.4 Å². The van der Waals surface area contributed by atoms with Gasteiger partial charge in [0.15, 0.2) is 0 Å². The summed E-state index contributed by atoms with van der Waals surface area (Å²) in [4.78, 5) is 37.2. The third kappa shape index (κ3) is 40.7. The zero-order valence-corrected chi connectivity index (χ0v) is 35.5. The highest BCUT2D eigenvalue weighted by atomic mass is 16.6. The zero-order chi connectivity index (χ0) is 39.1. The fourth-order valence-electron chi connectivity index (χ4n) is 6.19. The average Bonchev–Trinajstić information content (AvgIpc) is 3.11. The number of esters is 2. The molecule has 0 saturated heterocycles. The Morgan fingerprint density at radius 2 is 0.925 bits per heavy atom. The third-order valence-electron chi connectivity index (χ3n) is 9.38. The summed E-state index contributed by atoms with van der Waals surface area (Å²) in [5.41, 5.74) is -0.565. The lowest BCUT2D eigenvalue weighted by Gasteiger charge is -2.20. The van der Waals surface area contributed by atoms with Crippen LogP contribution in [0.1, 0.15) is 227 Å². The van der Waals surface area contributed by atoms with Crippen LogP contribution in [0, 0.1) is 0 Å². The fourth-order valence-corrected chi connectivity index (χ4v) is 6.19. The first-order valence-corrected chi connectivity index (χ1v) is 22.3. The predicted octanol–water partition coefficient (Wildman–Crippen LogP) is 13.8. The first kappa shape index (κ1) is 50.7. The topological polar surface area (TPSA) is 90.9 Å². The summed E-state index contributed by atoms with van der Waals surface area (Å²) in [6.07, 6.45) is 41.6. The Kier molecular flexibility index (Phi) is 36.3. The molecule has 7 heteroatoms. The minimum absolute atomic E-state index is 0.0501. The van der Waals surface area contributed by atoms with E-state index < -0.39 is 17.8 Å². The van der Waals surface area contributed by atoms with Crippen molar-refractivity contribution in [1.82, 2.24) is 5.32 Å². The van der Waals surface area contributed by atoms with Gasteiger partial charge in [-0.1, -0.05) is 141 Å². The molecule has 0 aliphatic rings. The molecular weight excluding hydrogens is 663 g/mol. The molecule has 0 unspecified atom stereocenters. The van der Waals surface area contributed by atoms with Crippen LogP contribution in [-0.2, 0) is 23.8 Å². The molecular formula is C46H85NO6. The Balaban J connectivity index is 4.25. The summed E-state index contributed by atoms with van der Waals surface area (Å²) in [6, 6.07) is 0. The van der Waals surface area contributed by atoms with E-state index in [4.69, 9.17) is 14.2 Å². The molecule has 0 rings (SSSR count). The average molecular weight is 748 g/mol. The van der Waals surface area contributed by atoms with Crippen LogP contribution in [0.5, 0.6) is 0 Å². The van der Waals surface area contributed by atoms with Crippen molar-refractivity contribution in [3.63, 3.8) is 0 Å². The number of amides is 1. The van der Waals surface area contributed by atoms with Crippen molar-refractivity contribution < 1.29 is 28.6 Å². The number of nitrogens with one attached hydrogen (secondary N) is 1. The van der Waals surface area contributed by atoms with Crippen LogP contribution in [0.2, 0.25) is 0 Å². The molecule has 0 aromatic carbocycles. The summed E-state index contributed by atoms with van der Waals surface area (Å²) < 4.78 is 16.6. The quantitative estimate of drug-likeness (QED) is 0.0294. The van der Waals surface area contributed by atoms with Gasteiger partial charge in [0.1, 0.15) is 18.3 Å². The Morgan fingerprint density at radius 3 is 1.36 bits per heavy atom. The minimum atomic E-state index is -0.565. The number of ether oxygens (including phenoxy) is 3. The molecule has 7 nitrogen and oxygen atoms in total. The van der Waals surface area contributed by atoms with Crippen LogP contribution in [0.15, 0.2) is 24.3 Å². The maximum absolute atomic E-state index is 12.7. The van der Waals surface area contributed by atoms with Gasteiger partial charge in [0.05, 0.1) is 0 Å². The van der Waals surface area contributed by atoms with Crippen LogP contribution >= 0.6 is 0 Å². The van der Waals surface area contributed by atoms with Gasteiger partial charge >= 0.3 is 18.0 Å². The van der Waals surface area contributed by atoms with Gasteiger partial charge in [-0.15, -0.1) is 0 Å². The van der Waals surface area contributed by atoms with Gasteiger partial charge in [0.2, 0.25) is 0 Å². The standard InChI is InChI=1S/C46H85NO6/c1-6-8-10-12-14-16-18-20-22-24-26-28-30-32-34-38-43(48)51-41-42(37-36-40-47-45(50)53-46(3,4)5)52-44(49)39-35-33-31-29-27-25-23-21-19-17-15-13-11-9-7-2/h20-23,42H,6-19,24-41H2,1-5H3,(H,47,50)/b22-20-,23-21-/t42-/m1/s1. The van der Waals surface area contributed by atoms with Gasteiger partial charge in [-0.25, -0.2) is 4.79 Å². The smallest absolute Gasteiger partial charge is 0.407 e. The molecule has 0 spiro atoms. The second kappa shape index (κ2) is 38.0.